The van der Waals surface area contributed by atoms with Crippen LogP contribution in [0, 0.1) is 0 Å². The smallest absolute Gasteiger partial charge is 0.251 e. The van der Waals surface area contributed by atoms with Crippen molar-refractivity contribution in [1.29, 1.82) is 0 Å². The van der Waals surface area contributed by atoms with Gasteiger partial charge in [0.1, 0.15) is 0 Å². The molecule has 4 N–H and O–H groups in total. The monoisotopic (exact) mass is 251 g/mol. The molecule has 0 aliphatic carbocycles. The predicted molar refractivity (Wildman–Crippen MR) is 71.6 cm³/mol. The van der Waals surface area contributed by atoms with E-state index in [1.165, 1.54) is 0 Å². The Labute approximate surface area is 106 Å². The Hall–Kier alpha value is -1.46. The maximum atomic E-state index is 11.8. The molecule has 4 nitrogen and oxygen atoms in total. The third kappa shape index (κ3) is 4.50. The molecule has 1 aromatic carbocycles. The molecular weight excluding hydrogens is 234 g/mol. The number of carbonyl (C=O) groups excluding carboxylic acids is 1. The molecule has 0 atom stereocenters. The van der Waals surface area contributed by atoms with Crippen LogP contribution in [0.4, 0.5) is 0 Å². The minimum atomic E-state index is -0.0928. The summed E-state index contributed by atoms with van der Waals surface area (Å²) in [5.74, 6) is -0.0928. The maximum absolute atomic E-state index is 11.8. The van der Waals surface area contributed by atoms with Crippen molar-refractivity contribution in [2.45, 2.75) is 11.3 Å². The van der Waals surface area contributed by atoms with Crippen LogP contribution in [0.25, 0.3) is 0 Å². The van der Waals surface area contributed by atoms with Gasteiger partial charge in [-0.25, -0.2) is 0 Å². The molecule has 0 saturated heterocycles. The predicted octanol–water partition coefficient (Wildman–Crippen LogP) is 1.51. The first-order valence-electron chi connectivity index (χ1n) is 5.28. The average Bonchev–Trinajstić information content (AvgIpc) is 2.38. The van der Waals surface area contributed by atoms with Crippen molar-refractivity contribution in [3.63, 3.8) is 0 Å². The van der Waals surface area contributed by atoms with Crippen molar-refractivity contribution in [2.75, 3.05) is 13.6 Å². The van der Waals surface area contributed by atoms with Crippen LogP contribution >= 0.6 is 11.9 Å². The summed E-state index contributed by atoms with van der Waals surface area (Å²) in [6.07, 6.45) is 0.716. The minimum Gasteiger partial charge on any atom is -0.392 e. The molecule has 0 spiro atoms. The van der Waals surface area contributed by atoms with Crippen LogP contribution in [0.2, 0.25) is 0 Å². The summed E-state index contributed by atoms with van der Waals surface area (Å²) >= 11 is 1.13. The van der Waals surface area contributed by atoms with Crippen LogP contribution in [0.5, 0.6) is 0 Å². The van der Waals surface area contributed by atoms with E-state index in [1.807, 2.05) is 19.2 Å². The van der Waals surface area contributed by atoms with Crippen molar-refractivity contribution in [2.24, 2.45) is 5.14 Å². The molecule has 0 aliphatic rings. The zero-order valence-electron chi connectivity index (χ0n) is 9.82. The second-order valence-corrected chi connectivity index (χ2v) is 4.21. The van der Waals surface area contributed by atoms with Gasteiger partial charge in [-0.15, -0.1) is 0 Å². The summed E-state index contributed by atoms with van der Waals surface area (Å²) in [6.45, 7) is 4.36. The first-order valence-corrected chi connectivity index (χ1v) is 6.16. The Morgan fingerprint density at radius 2 is 2.29 bits per heavy atom. The highest BCUT2D eigenvalue weighted by Crippen LogP contribution is 2.13. The number of hydrogen-bond donors (Lipinski definition) is 3. The third-order valence-electron chi connectivity index (χ3n) is 2.30. The summed E-state index contributed by atoms with van der Waals surface area (Å²) in [5, 5.41) is 11.2. The molecule has 1 aromatic rings. The lowest BCUT2D eigenvalue weighted by molar-refractivity contribution is 0.0954. The second-order valence-electron chi connectivity index (χ2n) is 3.51. The van der Waals surface area contributed by atoms with E-state index in [0.29, 0.717) is 18.5 Å². The van der Waals surface area contributed by atoms with Gasteiger partial charge in [0.15, 0.2) is 0 Å². The zero-order chi connectivity index (χ0) is 12.7. The molecular formula is C12H17N3OS. The van der Waals surface area contributed by atoms with Crippen molar-refractivity contribution < 1.29 is 4.79 Å². The molecule has 0 radical (unpaired) electrons. The molecule has 5 heteroatoms. The molecule has 17 heavy (non-hydrogen) atoms. The molecule has 0 fully saturated rings. The van der Waals surface area contributed by atoms with Gasteiger partial charge in [0.25, 0.3) is 5.91 Å². The van der Waals surface area contributed by atoms with Crippen LogP contribution in [-0.4, -0.2) is 19.5 Å². The zero-order valence-corrected chi connectivity index (χ0v) is 10.6. The van der Waals surface area contributed by atoms with Crippen LogP contribution in [0.3, 0.4) is 0 Å². The van der Waals surface area contributed by atoms with E-state index in [4.69, 9.17) is 5.14 Å². The topological polar surface area (TPSA) is 67.2 Å². The standard InChI is InChI=1S/C12H17N3OS/c1-9(14-2)6-7-15-12(16)10-4-3-5-11(8-10)17-13/h3-5,8,14H,1,6-7,13H2,2H3,(H,15,16). The summed E-state index contributed by atoms with van der Waals surface area (Å²) in [5.41, 5.74) is 1.52. The van der Waals surface area contributed by atoms with Crippen LogP contribution in [-0.2, 0) is 0 Å². The van der Waals surface area contributed by atoms with E-state index in [2.05, 4.69) is 17.2 Å². The normalized spacial score (nSPS) is 9.76. The number of carbonyl (C=O) groups is 1. The minimum absolute atomic E-state index is 0.0928. The molecule has 1 amide bonds. The fraction of sp³-hybridized carbons (Fsp3) is 0.250. The number of rotatable bonds is 6. The fourth-order valence-electron chi connectivity index (χ4n) is 1.26. The highest BCUT2D eigenvalue weighted by Gasteiger charge is 2.05. The van der Waals surface area contributed by atoms with E-state index in [1.54, 1.807) is 12.1 Å². The first kappa shape index (κ1) is 13.6. The fourth-order valence-corrected chi connectivity index (χ4v) is 1.62. The maximum Gasteiger partial charge on any atom is 0.251 e. The highest BCUT2D eigenvalue weighted by atomic mass is 32.2. The van der Waals surface area contributed by atoms with Crippen molar-refractivity contribution in [3.8, 4) is 0 Å². The van der Waals surface area contributed by atoms with Gasteiger partial charge in [-0.1, -0.05) is 12.6 Å². The SMILES string of the molecule is C=C(CCNC(=O)c1cccc(SN)c1)NC. The molecule has 1 rings (SSSR count). The van der Waals surface area contributed by atoms with Gasteiger partial charge in [-0.05, 0) is 30.1 Å². The number of nitrogens with two attached hydrogens (primary N) is 1. The number of benzene rings is 1. The molecule has 0 saturated carbocycles. The third-order valence-corrected chi connectivity index (χ3v) is 2.82. The summed E-state index contributed by atoms with van der Waals surface area (Å²) in [4.78, 5) is 12.6. The van der Waals surface area contributed by atoms with Gasteiger partial charge in [-0.3, -0.25) is 9.93 Å². The average molecular weight is 251 g/mol. The van der Waals surface area contributed by atoms with Gasteiger partial charge in [0, 0.05) is 36.2 Å². The lowest BCUT2D eigenvalue weighted by Gasteiger charge is -2.07. The van der Waals surface area contributed by atoms with Crippen molar-refractivity contribution >= 4 is 17.9 Å². The Balaban J connectivity index is 2.49. The number of nitrogens with one attached hydrogen (secondary N) is 2. The van der Waals surface area contributed by atoms with E-state index in [9.17, 15) is 4.79 Å². The number of amides is 1. The molecule has 0 aliphatic heterocycles. The molecule has 0 heterocycles. The number of hydrogen-bond acceptors (Lipinski definition) is 4. The highest BCUT2D eigenvalue weighted by molar-refractivity contribution is 7.97. The van der Waals surface area contributed by atoms with Crippen LogP contribution in [0.1, 0.15) is 16.8 Å². The Morgan fingerprint density at radius 1 is 1.53 bits per heavy atom. The van der Waals surface area contributed by atoms with Gasteiger partial charge in [0.2, 0.25) is 0 Å². The molecule has 0 aromatic heterocycles. The van der Waals surface area contributed by atoms with Gasteiger partial charge < -0.3 is 10.6 Å². The summed E-state index contributed by atoms with van der Waals surface area (Å²) in [6, 6.07) is 7.22. The van der Waals surface area contributed by atoms with Crippen LogP contribution in [0.15, 0.2) is 41.4 Å². The van der Waals surface area contributed by atoms with Gasteiger partial charge in [-0.2, -0.15) is 0 Å². The molecule has 0 bridgehead atoms. The Bertz CT molecular complexity index is 406. The summed E-state index contributed by atoms with van der Waals surface area (Å²) in [7, 11) is 1.81. The lowest BCUT2D eigenvalue weighted by atomic mass is 10.2. The first-order chi connectivity index (χ1) is 8.17. The Kier molecular flexibility index (Phi) is 5.59. The van der Waals surface area contributed by atoms with E-state index in [-0.39, 0.29) is 5.91 Å². The van der Waals surface area contributed by atoms with Crippen molar-refractivity contribution in [3.05, 3.63) is 42.1 Å². The Morgan fingerprint density at radius 3 is 2.94 bits per heavy atom. The molecule has 92 valence electrons. The largest absolute Gasteiger partial charge is 0.392 e. The lowest BCUT2D eigenvalue weighted by Crippen LogP contribution is -2.25. The second kappa shape index (κ2) is 6.98. The van der Waals surface area contributed by atoms with Gasteiger partial charge in [0.05, 0.1) is 0 Å². The van der Waals surface area contributed by atoms with Crippen LogP contribution < -0.4 is 15.8 Å². The molecule has 0 unspecified atom stereocenters. The van der Waals surface area contributed by atoms with E-state index < -0.39 is 0 Å². The van der Waals surface area contributed by atoms with Crippen molar-refractivity contribution in [1.82, 2.24) is 10.6 Å². The van der Waals surface area contributed by atoms with E-state index >= 15 is 0 Å². The summed E-state index contributed by atoms with van der Waals surface area (Å²) < 4.78 is 0. The quantitative estimate of drug-likeness (QED) is 0.670. The van der Waals surface area contributed by atoms with Gasteiger partial charge >= 0.3 is 0 Å². The van der Waals surface area contributed by atoms with E-state index in [0.717, 1.165) is 22.5 Å².